The lowest BCUT2D eigenvalue weighted by Crippen LogP contribution is -2.54. The average Bonchev–Trinajstić information content (AvgIpc) is 2.47. The molecule has 13 heteroatoms. The fourth-order valence-electron chi connectivity index (χ4n) is 1.65. The Bertz CT molecular complexity index is 682. The summed E-state index contributed by atoms with van der Waals surface area (Å²) in [6.07, 6.45) is -4.25. The third kappa shape index (κ3) is 4.77. The van der Waals surface area contributed by atoms with Crippen LogP contribution in [0.1, 0.15) is 6.30 Å². The lowest BCUT2D eigenvalue weighted by atomic mass is 9.98. The van der Waals surface area contributed by atoms with Gasteiger partial charge < -0.3 is 19.6 Å². The van der Waals surface area contributed by atoms with Crippen molar-refractivity contribution in [3.05, 3.63) is 33.1 Å². The van der Waals surface area contributed by atoms with Crippen molar-refractivity contribution in [2.75, 3.05) is 20.4 Å². The number of rotatable bonds is 8. The van der Waals surface area contributed by atoms with Gasteiger partial charge in [0, 0.05) is 19.4 Å². The molecule has 132 valence electrons. The zero-order valence-electron chi connectivity index (χ0n) is 11.8. The molecule has 1 aromatic rings. The van der Waals surface area contributed by atoms with Gasteiger partial charge in [0.25, 0.3) is 5.56 Å². The zero-order chi connectivity index (χ0) is 17.8. The van der Waals surface area contributed by atoms with Gasteiger partial charge in [0.2, 0.25) is 6.30 Å². The quantitative estimate of drug-likeness (QED) is 0.423. The Morgan fingerprint density at radius 3 is 2.52 bits per heavy atom. The van der Waals surface area contributed by atoms with Crippen LogP contribution in [0.25, 0.3) is 0 Å². The first kappa shape index (κ1) is 19.6. The Morgan fingerprint density at radius 2 is 2.09 bits per heavy atom. The zero-order valence-corrected chi connectivity index (χ0v) is 12.7. The topological polar surface area (TPSA) is 151 Å². The fraction of sp³-hybridized carbons (Fsp3) is 0.600. The first-order valence-electron chi connectivity index (χ1n) is 6.01. The third-order valence-electron chi connectivity index (χ3n) is 3.03. The van der Waals surface area contributed by atoms with Crippen LogP contribution in [0.15, 0.2) is 21.9 Å². The highest BCUT2D eigenvalue weighted by Gasteiger charge is 2.46. The average molecular weight is 360 g/mol. The monoisotopic (exact) mass is 360 g/mol. The molecule has 0 amide bonds. The SMILES string of the molecule is CO[C@](CF)(COP(=O)(O)O)[C@@H](O)[C@@H](F)n1ccc(=O)[nH]c1=O. The van der Waals surface area contributed by atoms with Crippen LogP contribution in [0.4, 0.5) is 8.78 Å². The number of phosphoric acid groups is 1. The highest BCUT2D eigenvalue weighted by atomic mass is 31.2. The number of hydrogen-bond donors (Lipinski definition) is 4. The van der Waals surface area contributed by atoms with Crippen LogP contribution in [0.2, 0.25) is 0 Å². The summed E-state index contributed by atoms with van der Waals surface area (Å²) >= 11 is 0. The largest absolute Gasteiger partial charge is 0.469 e. The molecule has 0 aliphatic rings. The molecule has 0 aliphatic carbocycles. The Labute approximate surface area is 127 Å². The van der Waals surface area contributed by atoms with E-state index in [1.165, 1.54) is 0 Å². The number of aromatic amines is 1. The minimum atomic E-state index is -5.04. The second-order valence-corrected chi connectivity index (χ2v) is 5.74. The van der Waals surface area contributed by atoms with Gasteiger partial charge >= 0.3 is 13.5 Å². The predicted molar refractivity (Wildman–Crippen MR) is 71.2 cm³/mol. The summed E-state index contributed by atoms with van der Waals surface area (Å²) in [6, 6.07) is 0.788. The van der Waals surface area contributed by atoms with Crippen molar-refractivity contribution in [2.45, 2.75) is 18.0 Å². The van der Waals surface area contributed by atoms with Gasteiger partial charge in [-0.1, -0.05) is 0 Å². The summed E-state index contributed by atoms with van der Waals surface area (Å²) in [7, 11) is -4.19. The molecule has 1 rings (SSSR count). The summed E-state index contributed by atoms with van der Waals surface area (Å²) in [5, 5.41) is 9.95. The molecule has 0 aliphatic heterocycles. The maximum atomic E-state index is 14.3. The second kappa shape index (κ2) is 7.43. The van der Waals surface area contributed by atoms with Crippen LogP contribution in [0.3, 0.4) is 0 Å². The van der Waals surface area contributed by atoms with E-state index in [2.05, 4.69) is 9.26 Å². The summed E-state index contributed by atoms with van der Waals surface area (Å²) in [5.74, 6) is 0. The fourth-order valence-corrected chi connectivity index (χ4v) is 2.04. The molecule has 1 heterocycles. The number of hydrogen-bond acceptors (Lipinski definition) is 6. The second-order valence-electron chi connectivity index (χ2n) is 4.50. The number of H-pyrrole nitrogens is 1. The van der Waals surface area contributed by atoms with Gasteiger partial charge in [0.1, 0.15) is 12.8 Å². The van der Waals surface area contributed by atoms with E-state index in [0.29, 0.717) is 0 Å². The third-order valence-corrected chi connectivity index (χ3v) is 3.49. The van der Waals surface area contributed by atoms with E-state index in [9.17, 15) is 28.0 Å². The Balaban J connectivity index is 3.13. The highest BCUT2D eigenvalue weighted by Crippen LogP contribution is 2.38. The summed E-state index contributed by atoms with van der Waals surface area (Å²) in [6.45, 7) is -2.77. The molecular weight excluding hydrogens is 345 g/mol. The smallest absolute Gasteiger partial charge is 0.385 e. The van der Waals surface area contributed by atoms with Gasteiger partial charge in [-0.05, 0) is 0 Å². The molecule has 3 atom stereocenters. The number of aromatic nitrogens is 2. The molecule has 0 aromatic carbocycles. The minimum absolute atomic E-state index is 0.257. The van der Waals surface area contributed by atoms with Crippen LogP contribution in [-0.2, 0) is 13.8 Å². The van der Waals surface area contributed by atoms with E-state index in [4.69, 9.17) is 9.79 Å². The van der Waals surface area contributed by atoms with E-state index in [0.717, 1.165) is 19.4 Å². The number of alkyl halides is 2. The van der Waals surface area contributed by atoms with Crippen LogP contribution in [0.5, 0.6) is 0 Å². The molecule has 0 radical (unpaired) electrons. The number of aliphatic hydroxyl groups excluding tert-OH is 1. The number of aliphatic hydroxyl groups is 1. The number of nitrogens with one attached hydrogen (secondary N) is 1. The van der Waals surface area contributed by atoms with Gasteiger partial charge in [-0.25, -0.2) is 18.1 Å². The van der Waals surface area contributed by atoms with E-state index in [-0.39, 0.29) is 4.57 Å². The molecule has 0 spiro atoms. The molecule has 0 saturated heterocycles. The van der Waals surface area contributed by atoms with E-state index >= 15 is 0 Å². The van der Waals surface area contributed by atoms with Crippen molar-refractivity contribution in [3.8, 4) is 0 Å². The number of halogens is 2. The standard InChI is InChI=1S/C10H15F2N2O8P/c1-21-10(4-11,5-22-23(18,19)20)7(16)8(12)14-3-2-6(15)13-9(14)17/h2-3,7-8,16H,4-5H2,1H3,(H,13,15,17)(H2,18,19,20)/t7-,8-,10+/m0/s1. The number of methoxy groups -OCH3 is 1. The maximum Gasteiger partial charge on any atom is 0.469 e. The van der Waals surface area contributed by atoms with Crippen LogP contribution in [-0.4, -0.2) is 56.5 Å². The Hall–Kier alpha value is -1.43. The maximum absolute atomic E-state index is 14.3. The van der Waals surface area contributed by atoms with Crippen molar-refractivity contribution < 1.29 is 37.5 Å². The summed E-state index contributed by atoms with van der Waals surface area (Å²) in [4.78, 5) is 41.4. The van der Waals surface area contributed by atoms with Crippen LogP contribution in [0, 0.1) is 0 Å². The van der Waals surface area contributed by atoms with E-state index in [1.54, 1.807) is 4.98 Å². The number of ether oxygens (including phenoxy) is 1. The van der Waals surface area contributed by atoms with Crippen molar-refractivity contribution >= 4 is 7.82 Å². The normalized spacial score (nSPS) is 17.5. The van der Waals surface area contributed by atoms with E-state index in [1.807, 2.05) is 0 Å². The molecule has 0 fully saturated rings. The lowest BCUT2D eigenvalue weighted by molar-refractivity contribution is -0.169. The minimum Gasteiger partial charge on any atom is -0.385 e. The molecule has 0 unspecified atom stereocenters. The van der Waals surface area contributed by atoms with Crippen molar-refractivity contribution in [2.24, 2.45) is 0 Å². The molecule has 0 saturated carbocycles. The highest BCUT2D eigenvalue weighted by molar-refractivity contribution is 7.46. The van der Waals surface area contributed by atoms with Crippen molar-refractivity contribution in [1.29, 1.82) is 0 Å². The summed E-state index contributed by atoms with van der Waals surface area (Å²) in [5.41, 5.74) is -4.53. The van der Waals surface area contributed by atoms with Crippen LogP contribution >= 0.6 is 7.82 Å². The van der Waals surface area contributed by atoms with Crippen molar-refractivity contribution in [1.82, 2.24) is 9.55 Å². The van der Waals surface area contributed by atoms with Gasteiger partial charge in [-0.3, -0.25) is 18.9 Å². The van der Waals surface area contributed by atoms with E-state index < -0.39 is 50.4 Å². The van der Waals surface area contributed by atoms with Gasteiger partial charge in [0.05, 0.1) is 6.61 Å². The first-order chi connectivity index (χ1) is 10.6. The lowest BCUT2D eigenvalue weighted by Gasteiger charge is -2.35. The van der Waals surface area contributed by atoms with Crippen molar-refractivity contribution in [3.63, 3.8) is 0 Å². The Kier molecular flexibility index (Phi) is 6.33. The van der Waals surface area contributed by atoms with Gasteiger partial charge in [0.15, 0.2) is 5.60 Å². The summed E-state index contributed by atoms with van der Waals surface area (Å²) < 4.78 is 47.2. The molecule has 4 N–H and O–H groups in total. The number of phosphoric ester groups is 1. The van der Waals surface area contributed by atoms with Gasteiger partial charge in [-0.15, -0.1) is 0 Å². The molecule has 0 bridgehead atoms. The van der Waals surface area contributed by atoms with Crippen LogP contribution < -0.4 is 11.2 Å². The molecule has 10 nitrogen and oxygen atoms in total. The molecule has 1 aromatic heterocycles. The molecular formula is C10H15F2N2O8P. The first-order valence-corrected chi connectivity index (χ1v) is 7.54. The molecule has 23 heavy (non-hydrogen) atoms. The van der Waals surface area contributed by atoms with Gasteiger partial charge in [-0.2, -0.15) is 0 Å². The number of nitrogens with zero attached hydrogens (tertiary/aromatic N) is 1. The Morgan fingerprint density at radius 1 is 1.48 bits per heavy atom. The predicted octanol–water partition coefficient (Wildman–Crippen LogP) is -1.17.